The van der Waals surface area contributed by atoms with Crippen molar-refractivity contribution in [3.05, 3.63) is 0 Å². The second-order valence-corrected chi connectivity index (χ2v) is 3.09. The summed E-state index contributed by atoms with van der Waals surface area (Å²) in [5.74, 6) is 0. The molecule has 0 atom stereocenters. The Morgan fingerprint density at radius 2 is 1.64 bits per heavy atom. The number of unbranched alkanes of at least 4 members (excludes halogenated alkanes) is 2. The van der Waals surface area contributed by atoms with Crippen molar-refractivity contribution in [2.24, 2.45) is 0 Å². The molecule has 0 unspecified atom stereocenters. The zero-order chi connectivity index (χ0) is 8.53. The van der Waals surface area contributed by atoms with E-state index in [1.807, 2.05) is 0 Å². The van der Waals surface area contributed by atoms with E-state index in [1.165, 1.54) is 44.0 Å². The van der Waals surface area contributed by atoms with E-state index in [1.54, 1.807) is 0 Å². The van der Waals surface area contributed by atoms with E-state index in [4.69, 9.17) is 0 Å². The molecule has 0 fully saturated rings. The van der Waals surface area contributed by atoms with Crippen molar-refractivity contribution in [3.8, 4) is 0 Å². The first kappa shape index (κ1) is 11.6. The average Bonchev–Trinajstić information content (AvgIpc) is 2.05. The van der Waals surface area contributed by atoms with Gasteiger partial charge in [0.1, 0.15) is 0 Å². The van der Waals surface area contributed by atoms with Crippen molar-refractivity contribution in [3.63, 3.8) is 0 Å². The van der Waals surface area contributed by atoms with E-state index in [0.29, 0.717) is 0 Å². The molecular formula is C9H20LiN. The summed E-state index contributed by atoms with van der Waals surface area (Å²) in [5, 5.41) is 1.35. The Kier molecular flexibility index (Phi) is 9.09. The van der Waals surface area contributed by atoms with Crippen molar-refractivity contribution in [1.29, 1.82) is 0 Å². The molecular weight excluding hydrogens is 129 g/mol. The Labute approximate surface area is 80.7 Å². The molecule has 2 heteroatoms. The van der Waals surface area contributed by atoms with Crippen molar-refractivity contribution < 1.29 is 0 Å². The van der Waals surface area contributed by atoms with Crippen LogP contribution in [0.5, 0.6) is 0 Å². The molecule has 0 aliphatic rings. The van der Waals surface area contributed by atoms with Crippen molar-refractivity contribution >= 4 is 17.7 Å². The topological polar surface area (TPSA) is 3.24 Å². The van der Waals surface area contributed by atoms with Gasteiger partial charge in [0.15, 0.2) is 0 Å². The van der Waals surface area contributed by atoms with E-state index < -0.39 is 0 Å². The molecule has 62 valence electrons. The second kappa shape index (κ2) is 8.65. The Morgan fingerprint density at radius 1 is 1.00 bits per heavy atom. The van der Waals surface area contributed by atoms with Crippen LogP contribution < -0.4 is 0 Å². The summed E-state index contributed by atoms with van der Waals surface area (Å²) in [6.07, 6.45) is 4.20. The third-order valence-corrected chi connectivity index (χ3v) is 2.22. The van der Waals surface area contributed by atoms with E-state index >= 15 is 0 Å². The molecule has 0 heterocycles. The van der Waals surface area contributed by atoms with Crippen molar-refractivity contribution in [1.82, 2.24) is 4.90 Å². The van der Waals surface area contributed by atoms with Gasteiger partial charge in [0.2, 0.25) is 0 Å². The van der Waals surface area contributed by atoms with Gasteiger partial charge in [0.05, 0.1) is 0 Å². The summed E-state index contributed by atoms with van der Waals surface area (Å²) >= 11 is 2.26. The minimum atomic E-state index is 1.21. The van der Waals surface area contributed by atoms with Crippen LogP contribution in [-0.2, 0) is 0 Å². The van der Waals surface area contributed by atoms with E-state index in [-0.39, 0.29) is 0 Å². The van der Waals surface area contributed by atoms with Crippen LogP contribution >= 0.6 is 0 Å². The third-order valence-electron chi connectivity index (χ3n) is 2.22. The van der Waals surface area contributed by atoms with Crippen LogP contribution in [0.25, 0.3) is 0 Å². The minimum absolute atomic E-state index is 1.21. The van der Waals surface area contributed by atoms with Crippen LogP contribution in [0.2, 0.25) is 5.09 Å². The van der Waals surface area contributed by atoms with Gasteiger partial charge >= 0.3 is 80.5 Å². The molecule has 0 aliphatic heterocycles. The van der Waals surface area contributed by atoms with Crippen LogP contribution in [0.3, 0.4) is 0 Å². The SMILES string of the molecule is [Li][CH2]CCCCN(CC)CC. The Hall–Kier alpha value is 0.557. The third kappa shape index (κ3) is 6.94. The molecule has 0 amide bonds. The van der Waals surface area contributed by atoms with Crippen LogP contribution in [0.4, 0.5) is 0 Å². The number of nitrogens with zero attached hydrogens (tertiary/aromatic N) is 1. The van der Waals surface area contributed by atoms with Crippen molar-refractivity contribution in [2.75, 3.05) is 19.6 Å². The average molecular weight is 149 g/mol. The summed E-state index contributed by atoms with van der Waals surface area (Å²) in [7, 11) is 0. The molecule has 11 heavy (non-hydrogen) atoms. The summed E-state index contributed by atoms with van der Waals surface area (Å²) in [5.41, 5.74) is 0. The van der Waals surface area contributed by atoms with Crippen molar-refractivity contribution in [2.45, 2.75) is 38.2 Å². The van der Waals surface area contributed by atoms with Gasteiger partial charge in [-0.05, 0) is 0 Å². The fraction of sp³-hybridized carbons (Fsp3) is 1.00. The number of hydrogen-bond acceptors (Lipinski definition) is 1. The van der Waals surface area contributed by atoms with E-state index in [9.17, 15) is 0 Å². The molecule has 0 saturated carbocycles. The Balaban J connectivity index is 3.07. The quantitative estimate of drug-likeness (QED) is 0.395. The Bertz CT molecular complexity index is 72.0. The molecule has 0 saturated heterocycles. The van der Waals surface area contributed by atoms with Gasteiger partial charge in [-0.2, -0.15) is 0 Å². The molecule has 0 aromatic carbocycles. The standard InChI is InChI=1S/C9H20N.Li/c1-4-7-8-9-10(5-2)6-3;/h1,4-9H2,2-3H3;. The van der Waals surface area contributed by atoms with Gasteiger partial charge < -0.3 is 0 Å². The zero-order valence-corrected chi connectivity index (χ0v) is 8.40. The zero-order valence-electron chi connectivity index (χ0n) is 8.40. The maximum absolute atomic E-state index is 2.50. The molecule has 1 nitrogen and oxygen atoms in total. The fourth-order valence-electron chi connectivity index (χ4n) is 1.30. The van der Waals surface area contributed by atoms with Crippen LogP contribution in [-0.4, -0.2) is 42.2 Å². The van der Waals surface area contributed by atoms with Gasteiger partial charge in [0.25, 0.3) is 0 Å². The molecule has 0 spiro atoms. The molecule has 0 rings (SSSR count). The summed E-state index contributed by atoms with van der Waals surface area (Å²) in [6.45, 7) is 8.20. The second-order valence-electron chi connectivity index (χ2n) is 3.09. The Morgan fingerprint density at radius 3 is 2.09 bits per heavy atom. The van der Waals surface area contributed by atoms with Gasteiger partial charge in [-0.3, -0.25) is 0 Å². The normalized spacial score (nSPS) is 11.0. The van der Waals surface area contributed by atoms with Gasteiger partial charge in [-0.15, -0.1) is 0 Å². The predicted octanol–water partition coefficient (Wildman–Crippen LogP) is 2.09. The first-order chi connectivity index (χ1) is 5.35. The monoisotopic (exact) mass is 149 g/mol. The van der Waals surface area contributed by atoms with E-state index in [0.717, 1.165) is 0 Å². The number of hydrogen-bond donors (Lipinski definition) is 0. The fourth-order valence-corrected chi connectivity index (χ4v) is 1.30. The molecule has 0 bridgehead atoms. The first-order valence-electron chi connectivity index (χ1n) is 5.07. The van der Waals surface area contributed by atoms with Gasteiger partial charge in [-0.25, -0.2) is 0 Å². The molecule has 0 aromatic rings. The van der Waals surface area contributed by atoms with Crippen LogP contribution in [0.1, 0.15) is 33.1 Å². The van der Waals surface area contributed by atoms with Gasteiger partial charge in [-0.1, -0.05) is 0 Å². The van der Waals surface area contributed by atoms with E-state index in [2.05, 4.69) is 36.5 Å². The number of rotatable bonds is 7. The first-order valence-corrected chi connectivity index (χ1v) is 5.07. The molecule has 0 aliphatic carbocycles. The van der Waals surface area contributed by atoms with Crippen LogP contribution in [0.15, 0.2) is 0 Å². The van der Waals surface area contributed by atoms with Crippen LogP contribution in [0, 0.1) is 0 Å². The summed E-state index contributed by atoms with van der Waals surface area (Å²) in [6, 6.07) is 0. The summed E-state index contributed by atoms with van der Waals surface area (Å²) in [4.78, 5) is 2.50. The molecule has 0 N–H and O–H groups in total. The maximum atomic E-state index is 2.50. The molecule has 0 aromatic heterocycles. The predicted molar refractivity (Wildman–Crippen MR) is 52.2 cm³/mol. The molecule has 0 radical (unpaired) electrons. The van der Waals surface area contributed by atoms with Gasteiger partial charge in [0, 0.05) is 0 Å². The summed E-state index contributed by atoms with van der Waals surface area (Å²) < 4.78 is 0.